The van der Waals surface area contributed by atoms with Crippen molar-refractivity contribution in [2.75, 3.05) is 6.79 Å². The van der Waals surface area contributed by atoms with Crippen LogP contribution in [0, 0.1) is 17.0 Å². The van der Waals surface area contributed by atoms with Crippen molar-refractivity contribution in [3.05, 3.63) is 69.3 Å². The molecule has 0 N–H and O–H groups in total. The Bertz CT molecular complexity index is 826. The molecule has 0 aliphatic carbocycles. The molecule has 23 heavy (non-hydrogen) atoms. The molecule has 1 aliphatic rings. The molecule has 0 unspecified atom stereocenters. The van der Waals surface area contributed by atoms with Gasteiger partial charge in [-0.2, -0.15) is 0 Å². The lowest BCUT2D eigenvalue weighted by Crippen LogP contribution is -1.98. The van der Waals surface area contributed by atoms with E-state index in [0.29, 0.717) is 17.1 Å². The monoisotopic (exact) mass is 311 g/mol. The van der Waals surface area contributed by atoms with E-state index in [2.05, 4.69) is 0 Å². The summed E-state index contributed by atoms with van der Waals surface area (Å²) < 4.78 is 10.6. The minimum atomic E-state index is -0.495. The molecule has 0 spiro atoms. The van der Waals surface area contributed by atoms with Gasteiger partial charge in [-0.05, 0) is 25.1 Å². The maximum Gasteiger partial charge on any atom is 0.273 e. The van der Waals surface area contributed by atoms with Gasteiger partial charge in [-0.1, -0.05) is 24.3 Å². The molecule has 0 atom stereocenters. The molecule has 6 heteroatoms. The first-order valence-corrected chi connectivity index (χ1v) is 6.92. The van der Waals surface area contributed by atoms with Crippen LogP contribution in [0.15, 0.2) is 42.5 Å². The van der Waals surface area contributed by atoms with Crippen LogP contribution in [0.4, 0.5) is 5.69 Å². The summed E-state index contributed by atoms with van der Waals surface area (Å²) in [5, 5.41) is 10.9. The second kappa shape index (κ2) is 5.92. The molecule has 0 radical (unpaired) electrons. The number of hydrogen-bond donors (Lipinski definition) is 0. The zero-order chi connectivity index (χ0) is 16.4. The van der Waals surface area contributed by atoms with Crippen molar-refractivity contribution in [1.29, 1.82) is 0 Å². The van der Waals surface area contributed by atoms with E-state index in [9.17, 15) is 14.9 Å². The number of ether oxygens (including phenoxy) is 2. The molecule has 1 aliphatic heterocycles. The van der Waals surface area contributed by atoms with Crippen molar-refractivity contribution in [3.8, 4) is 11.5 Å². The van der Waals surface area contributed by atoms with Crippen LogP contribution < -0.4 is 9.47 Å². The number of allylic oxidation sites excluding steroid dienone is 1. The summed E-state index contributed by atoms with van der Waals surface area (Å²) in [7, 11) is 0. The van der Waals surface area contributed by atoms with Gasteiger partial charge in [-0.3, -0.25) is 14.9 Å². The molecular formula is C17H13NO5. The number of para-hydroxylation sites is 1. The molecule has 0 aromatic heterocycles. The molecular weight excluding hydrogens is 298 g/mol. The fraction of sp³-hybridized carbons (Fsp3) is 0.118. The molecule has 0 saturated heterocycles. The number of carbonyl (C=O) groups is 1. The summed E-state index contributed by atoms with van der Waals surface area (Å²) in [6.45, 7) is 1.78. The molecule has 0 saturated carbocycles. The summed E-state index contributed by atoms with van der Waals surface area (Å²) in [5.41, 5.74) is 1.43. The number of nitrogens with zero attached hydrogens (tertiary/aromatic N) is 1. The van der Waals surface area contributed by atoms with E-state index < -0.39 is 4.92 Å². The summed E-state index contributed by atoms with van der Waals surface area (Å²) in [4.78, 5) is 22.7. The lowest BCUT2D eigenvalue weighted by molar-refractivity contribution is -0.385. The minimum Gasteiger partial charge on any atom is -0.454 e. The lowest BCUT2D eigenvalue weighted by Gasteiger charge is -2.01. The number of ketones is 1. The Hall–Kier alpha value is -3.15. The highest BCUT2D eigenvalue weighted by Crippen LogP contribution is 2.36. The SMILES string of the molecule is Cc1ccc(C(=O)/C=C/c2cccc3c2OCO3)cc1[N+](=O)[O-]. The Morgan fingerprint density at radius 1 is 1.26 bits per heavy atom. The van der Waals surface area contributed by atoms with E-state index in [1.165, 1.54) is 12.1 Å². The van der Waals surface area contributed by atoms with E-state index in [-0.39, 0.29) is 23.8 Å². The second-order valence-corrected chi connectivity index (χ2v) is 5.04. The zero-order valence-electron chi connectivity index (χ0n) is 12.3. The third-order valence-electron chi connectivity index (χ3n) is 3.53. The quantitative estimate of drug-likeness (QED) is 0.373. The van der Waals surface area contributed by atoms with Crippen molar-refractivity contribution in [2.24, 2.45) is 0 Å². The minimum absolute atomic E-state index is 0.0680. The second-order valence-electron chi connectivity index (χ2n) is 5.04. The van der Waals surface area contributed by atoms with Crippen LogP contribution in [0.2, 0.25) is 0 Å². The van der Waals surface area contributed by atoms with Gasteiger partial charge >= 0.3 is 0 Å². The molecule has 0 fully saturated rings. The van der Waals surface area contributed by atoms with Crippen LogP contribution in [0.3, 0.4) is 0 Å². The van der Waals surface area contributed by atoms with E-state index >= 15 is 0 Å². The number of carbonyl (C=O) groups excluding carboxylic acids is 1. The average molecular weight is 311 g/mol. The summed E-state index contributed by atoms with van der Waals surface area (Å²) in [6.07, 6.45) is 2.98. The number of fused-ring (bicyclic) bond motifs is 1. The number of nitro groups is 1. The predicted molar refractivity (Wildman–Crippen MR) is 83.8 cm³/mol. The highest BCUT2D eigenvalue weighted by Gasteiger charge is 2.16. The van der Waals surface area contributed by atoms with Crippen LogP contribution in [0.1, 0.15) is 21.5 Å². The van der Waals surface area contributed by atoms with Crippen molar-refractivity contribution in [2.45, 2.75) is 6.92 Å². The van der Waals surface area contributed by atoms with Crippen LogP contribution >= 0.6 is 0 Å². The molecule has 3 rings (SSSR count). The van der Waals surface area contributed by atoms with Gasteiger partial charge in [0, 0.05) is 22.8 Å². The van der Waals surface area contributed by atoms with Crippen LogP contribution in [0.25, 0.3) is 6.08 Å². The van der Waals surface area contributed by atoms with Crippen molar-refractivity contribution < 1.29 is 19.2 Å². The normalized spacial score (nSPS) is 12.6. The van der Waals surface area contributed by atoms with Crippen LogP contribution in [0.5, 0.6) is 11.5 Å². The van der Waals surface area contributed by atoms with E-state index in [4.69, 9.17) is 9.47 Å². The summed E-state index contributed by atoms with van der Waals surface area (Å²) >= 11 is 0. The Balaban J connectivity index is 1.86. The Morgan fingerprint density at radius 3 is 2.87 bits per heavy atom. The molecule has 0 amide bonds. The third kappa shape index (κ3) is 2.91. The lowest BCUT2D eigenvalue weighted by atomic mass is 10.1. The number of aryl methyl sites for hydroxylation is 1. The molecule has 2 aromatic carbocycles. The van der Waals surface area contributed by atoms with Gasteiger partial charge in [0.1, 0.15) is 0 Å². The van der Waals surface area contributed by atoms with Gasteiger partial charge < -0.3 is 9.47 Å². The fourth-order valence-corrected chi connectivity index (χ4v) is 2.31. The molecule has 2 aromatic rings. The maximum absolute atomic E-state index is 12.2. The standard InChI is InChI=1S/C17H13NO5/c1-11-5-6-13(9-14(11)18(20)21)15(19)8-7-12-3-2-4-16-17(12)23-10-22-16/h2-9H,10H2,1H3/b8-7+. The Morgan fingerprint density at radius 2 is 2.09 bits per heavy atom. The van der Waals surface area contributed by atoms with Gasteiger partial charge in [0.05, 0.1) is 4.92 Å². The summed E-state index contributed by atoms with van der Waals surface area (Å²) in [5.74, 6) is 0.904. The highest BCUT2D eigenvalue weighted by molar-refractivity contribution is 6.07. The molecule has 0 bridgehead atoms. The van der Waals surface area contributed by atoms with Gasteiger partial charge in [0.15, 0.2) is 17.3 Å². The maximum atomic E-state index is 12.2. The van der Waals surface area contributed by atoms with Gasteiger partial charge in [0.25, 0.3) is 5.69 Å². The first-order chi connectivity index (χ1) is 11.1. The van der Waals surface area contributed by atoms with Gasteiger partial charge in [-0.15, -0.1) is 0 Å². The van der Waals surface area contributed by atoms with Crippen LogP contribution in [-0.4, -0.2) is 17.5 Å². The average Bonchev–Trinajstić information content (AvgIpc) is 3.01. The summed E-state index contributed by atoms with van der Waals surface area (Å²) in [6, 6.07) is 9.81. The Kier molecular flexibility index (Phi) is 3.80. The fourth-order valence-electron chi connectivity index (χ4n) is 2.31. The number of hydrogen-bond acceptors (Lipinski definition) is 5. The zero-order valence-corrected chi connectivity index (χ0v) is 12.3. The van der Waals surface area contributed by atoms with Crippen LogP contribution in [-0.2, 0) is 0 Å². The topological polar surface area (TPSA) is 78.7 Å². The largest absolute Gasteiger partial charge is 0.454 e. The first-order valence-electron chi connectivity index (χ1n) is 6.92. The van der Waals surface area contributed by atoms with Crippen molar-refractivity contribution in [1.82, 2.24) is 0 Å². The first kappa shape index (κ1) is 14.8. The predicted octanol–water partition coefficient (Wildman–Crippen LogP) is 3.53. The van der Waals surface area contributed by atoms with E-state index in [0.717, 1.165) is 5.56 Å². The van der Waals surface area contributed by atoms with Crippen molar-refractivity contribution in [3.63, 3.8) is 0 Å². The number of nitro benzene ring substituents is 1. The van der Waals surface area contributed by atoms with Gasteiger partial charge in [-0.25, -0.2) is 0 Å². The van der Waals surface area contributed by atoms with Crippen molar-refractivity contribution >= 4 is 17.5 Å². The van der Waals surface area contributed by atoms with Gasteiger partial charge in [0.2, 0.25) is 6.79 Å². The third-order valence-corrected chi connectivity index (χ3v) is 3.53. The molecule has 116 valence electrons. The highest BCUT2D eigenvalue weighted by atomic mass is 16.7. The smallest absolute Gasteiger partial charge is 0.273 e. The van der Waals surface area contributed by atoms with E-state index in [1.807, 2.05) is 0 Å². The molecule has 1 heterocycles. The molecule has 6 nitrogen and oxygen atoms in total. The Labute approximate surface area is 132 Å². The van der Waals surface area contributed by atoms with E-state index in [1.54, 1.807) is 43.3 Å². The number of benzene rings is 2. The number of rotatable bonds is 4.